The van der Waals surface area contributed by atoms with E-state index in [1.54, 1.807) is 6.08 Å². The molecule has 0 aromatic carbocycles. The number of hydrogen-bond donors (Lipinski definition) is 1. The molecule has 0 aromatic heterocycles. The summed E-state index contributed by atoms with van der Waals surface area (Å²) >= 11 is 0. The number of rotatable bonds is 1. The van der Waals surface area contributed by atoms with Crippen molar-refractivity contribution in [1.29, 1.82) is 0 Å². The molecule has 0 aliphatic rings. The molecule has 0 unspecified atom stereocenters. The van der Waals surface area contributed by atoms with Crippen LogP contribution in [-0.2, 0) is 0 Å². The first-order valence-corrected chi connectivity index (χ1v) is 3.05. The SMILES string of the molecule is CC(C)(C)C=CC=CO. The van der Waals surface area contributed by atoms with E-state index < -0.39 is 0 Å². The molecule has 0 aromatic rings. The largest absolute Gasteiger partial charge is 0.516 e. The van der Waals surface area contributed by atoms with Crippen molar-refractivity contribution in [3.8, 4) is 0 Å². The molecule has 0 aliphatic carbocycles. The number of aliphatic hydroxyl groups excluding tert-OH is 1. The van der Waals surface area contributed by atoms with Crippen LogP contribution in [0.15, 0.2) is 24.5 Å². The van der Waals surface area contributed by atoms with E-state index in [0.717, 1.165) is 6.26 Å². The molecule has 0 bridgehead atoms. The standard InChI is InChI=1S/C8H14O/c1-8(2,3)6-4-5-7-9/h4-7,9H,1-3H3. The lowest BCUT2D eigenvalue weighted by atomic mass is 9.96. The molecule has 1 nitrogen and oxygen atoms in total. The molecule has 0 radical (unpaired) electrons. The fourth-order valence-corrected chi connectivity index (χ4v) is 0.394. The molecule has 1 N–H and O–H groups in total. The molecule has 0 amide bonds. The van der Waals surface area contributed by atoms with Crippen LogP contribution in [0.3, 0.4) is 0 Å². The van der Waals surface area contributed by atoms with Crippen molar-refractivity contribution in [1.82, 2.24) is 0 Å². The Morgan fingerprint density at radius 2 is 1.67 bits per heavy atom. The van der Waals surface area contributed by atoms with Crippen LogP contribution in [0.1, 0.15) is 20.8 Å². The third kappa shape index (κ3) is 7.28. The third-order valence-electron chi connectivity index (χ3n) is 0.793. The second-order valence-corrected chi connectivity index (χ2v) is 3.07. The molecule has 0 saturated carbocycles. The number of allylic oxidation sites excluding steroid dienone is 3. The summed E-state index contributed by atoms with van der Waals surface area (Å²) in [5, 5.41) is 8.23. The molecule has 0 saturated heterocycles. The molecular weight excluding hydrogens is 112 g/mol. The highest BCUT2D eigenvalue weighted by molar-refractivity contribution is 5.03. The molecule has 0 rings (SSSR count). The van der Waals surface area contributed by atoms with E-state index >= 15 is 0 Å². The van der Waals surface area contributed by atoms with Crippen molar-refractivity contribution < 1.29 is 5.11 Å². The highest BCUT2D eigenvalue weighted by Gasteiger charge is 2.01. The topological polar surface area (TPSA) is 20.2 Å². The summed E-state index contributed by atoms with van der Waals surface area (Å²) in [5.41, 5.74) is 0.208. The van der Waals surface area contributed by atoms with Crippen molar-refractivity contribution in [3.05, 3.63) is 24.5 Å². The van der Waals surface area contributed by atoms with E-state index in [1.165, 1.54) is 0 Å². The van der Waals surface area contributed by atoms with Gasteiger partial charge in [-0.25, -0.2) is 0 Å². The van der Waals surface area contributed by atoms with Gasteiger partial charge in [0.25, 0.3) is 0 Å². The molecule has 0 heterocycles. The van der Waals surface area contributed by atoms with Gasteiger partial charge in [-0.3, -0.25) is 0 Å². The minimum atomic E-state index is 0.208. The molecule has 9 heavy (non-hydrogen) atoms. The Bertz CT molecular complexity index is 115. The lowest BCUT2D eigenvalue weighted by Gasteiger charge is -2.09. The van der Waals surface area contributed by atoms with Crippen molar-refractivity contribution in [2.45, 2.75) is 20.8 Å². The maximum Gasteiger partial charge on any atom is 0.0791 e. The molecule has 0 fully saturated rings. The second-order valence-electron chi connectivity index (χ2n) is 3.07. The van der Waals surface area contributed by atoms with Gasteiger partial charge in [0.15, 0.2) is 0 Å². The first-order chi connectivity index (χ1) is 4.06. The minimum Gasteiger partial charge on any atom is -0.516 e. The van der Waals surface area contributed by atoms with E-state index in [2.05, 4.69) is 20.8 Å². The predicted octanol–water partition coefficient (Wildman–Crippen LogP) is 2.66. The summed E-state index contributed by atoms with van der Waals surface area (Å²) in [6.07, 6.45) is 6.49. The summed E-state index contributed by atoms with van der Waals surface area (Å²) in [6, 6.07) is 0. The average Bonchev–Trinajstić information content (AvgIpc) is 1.63. The van der Waals surface area contributed by atoms with Crippen molar-refractivity contribution in [2.24, 2.45) is 5.41 Å². The summed E-state index contributed by atoms with van der Waals surface area (Å²) in [6.45, 7) is 6.32. The van der Waals surface area contributed by atoms with Crippen LogP contribution in [0, 0.1) is 5.41 Å². The van der Waals surface area contributed by atoms with Crippen LogP contribution >= 0.6 is 0 Å². The second kappa shape index (κ2) is 3.33. The summed E-state index contributed by atoms with van der Waals surface area (Å²) < 4.78 is 0. The van der Waals surface area contributed by atoms with Crippen LogP contribution in [0.25, 0.3) is 0 Å². The predicted molar refractivity (Wildman–Crippen MR) is 40.4 cm³/mol. The highest BCUT2D eigenvalue weighted by atomic mass is 16.2. The zero-order valence-corrected chi connectivity index (χ0v) is 6.26. The van der Waals surface area contributed by atoms with E-state index in [1.807, 2.05) is 12.2 Å². The fraction of sp³-hybridized carbons (Fsp3) is 0.500. The summed E-state index contributed by atoms with van der Waals surface area (Å²) in [4.78, 5) is 0. The molecular formula is C8H14O. The van der Waals surface area contributed by atoms with Gasteiger partial charge in [0.05, 0.1) is 6.26 Å². The lowest BCUT2D eigenvalue weighted by Crippen LogP contribution is -1.97. The maximum absolute atomic E-state index is 8.23. The van der Waals surface area contributed by atoms with Crippen molar-refractivity contribution in [2.75, 3.05) is 0 Å². The molecule has 52 valence electrons. The van der Waals surface area contributed by atoms with Gasteiger partial charge in [0.2, 0.25) is 0 Å². The van der Waals surface area contributed by atoms with Crippen LogP contribution in [-0.4, -0.2) is 5.11 Å². The summed E-state index contributed by atoms with van der Waals surface area (Å²) in [7, 11) is 0. The Hall–Kier alpha value is -0.720. The third-order valence-corrected chi connectivity index (χ3v) is 0.793. The van der Waals surface area contributed by atoms with Crippen molar-refractivity contribution in [3.63, 3.8) is 0 Å². The van der Waals surface area contributed by atoms with Crippen LogP contribution in [0.5, 0.6) is 0 Å². The Morgan fingerprint density at radius 3 is 2.00 bits per heavy atom. The zero-order valence-electron chi connectivity index (χ0n) is 6.26. The Labute approximate surface area is 56.7 Å². The monoisotopic (exact) mass is 126 g/mol. The Morgan fingerprint density at radius 1 is 1.11 bits per heavy atom. The molecule has 1 heteroatoms. The highest BCUT2D eigenvalue weighted by Crippen LogP contribution is 2.13. The quantitative estimate of drug-likeness (QED) is 0.423. The van der Waals surface area contributed by atoms with Gasteiger partial charge >= 0.3 is 0 Å². The smallest absolute Gasteiger partial charge is 0.0791 e. The molecule has 0 spiro atoms. The molecule has 0 aliphatic heterocycles. The molecule has 0 atom stereocenters. The van der Waals surface area contributed by atoms with E-state index in [-0.39, 0.29) is 5.41 Å². The lowest BCUT2D eigenvalue weighted by molar-refractivity contribution is 0.473. The van der Waals surface area contributed by atoms with E-state index in [9.17, 15) is 0 Å². The number of hydrogen-bond acceptors (Lipinski definition) is 1. The number of aliphatic hydroxyl groups is 1. The Balaban J connectivity index is 3.71. The van der Waals surface area contributed by atoms with Gasteiger partial charge in [-0.2, -0.15) is 0 Å². The van der Waals surface area contributed by atoms with Crippen LogP contribution < -0.4 is 0 Å². The van der Waals surface area contributed by atoms with Crippen molar-refractivity contribution >= 4 is 0 Å². The first kappa shape index (κ1) is 8.28. The average molecular weight is 126 g/mol. The zero-order chi connectivity index (χ0) is 7.33. The van der Waals surface area contributed by atoms with Gasteiger partial charge < -0.3 is 5.11 Å². The minimum absolute atomic E-state index is 0.208. The van der Waals surface area contributed by atoms with Crippen LogP contribution in [0.4, 0.5) is 0 Å². The van der Waals surface area contributed by atoms with Gasteiger partial charge in [0, 0.05) is 0 Å². The maximum atomic E-state index is 8.23. The fourth-order valence-electron chi connectivity index (χ4n) is 0.394. The van der Waals surface area contributed by atoms with E-state index in [0.29, 0.717) is 0 Å². The first-order valence-electron chi connectivity index (χ1n) is 3.05. The summed E-state index contributed by atoms with van der Waals surface area (Å²) in [5.74, 6) is 0. The normalized spacial score (nSPS) is 13.7. The van der Waals surface area contributed by atoms with Crippen LogP contribution in [0.2, 0.25) is 0 Å². The Kier molecular flexibility index (Phi) is 3.07. The van der Waals surface area contributed by atoms with Gasteiger partial charge in [0.1, 0.15) is 0 Å². The van der Waals surface area contributed by atoms with Gasteiger partial charge in [-0.15, -0.1) is 0 Å². The van der Waals surface area contributed by atoms with Gasteiger partial charge in [-0.05, 0) is 11.5 Å². The van der Waals surface area contributed by atoms with Gasteiger partial charge in [-0.1, -0.05) is 32.9 Å². The van der Waals surface area contributed by atoms with E-state index in [4.69, 9.17) is 5.11 Å².